The van der Waals surface area contributed by atoms with Crippen molar-refractivity contribution in [2.24, 2.45) is 11.3 Å². The van der Waals surface area contributed by atoms with Crippen LogP contribution in [-0.2, 0) is 9.53 Å². The molecular weight excluding hydrogens is 264 g/mol. The van der Waals surface area contributed by atoms with E-state index in [-0.39, 0.29) is 11.3 Å². The molecule has 1 saturated carbocycles. The molecule has 0 radical (unpaired) electrons. The molecular formula is C17H32N2O2. The summed E-state index contributed by atoms with van der Waals surface area (Å²) in [5, 5.41) is 3.43. The van der Waals surface area contributed by atoms with Gasteiger partial charge in [0.05, 0.1) is 6.10 Å². The number of carbonyl (C=O) groups is 1. The highest BCUT2D eigenvalue weighted by atomic mass is 16.5. The number of carbonyl (C=O) groups excluding carboxylic acids is 1. The first kappa shape index (κ1) is 16.8. The number of amides is 1. The summed E-state index contributed by atoms with van der Waals surface area (Å²) in [4.78, 5) is 14.9. The zero-order chi connectivity index (χ0) is 15.6. The molecule has 0 spiro atoms. The SMILES string of the molecule is CCC1(CC)C(OC)CC1N(C)C(=O)[C@H]1CCN[C@@H](C)C1. The molecule has 0 bridgehead atoms. The quantitative estimate of drug-likeness (QED) is 0.847. The highest BCUT2D eigenvalue weighted by Gasteiger charge is 2.55. The fraction of sp³-hybridized carbons (Fsp3) is 0.941. The molecule has 2 rings (SSSR count). The fourth-order valence-electron chi connectivity index (χ4n) is 4.58. The van der Waals surface area contributed by atoms with Crippen LogP contribution in [0.4, 0.5) is 0 Å². The molecule has 1 aliphatic carbocycles. The predicted octanol–water partition coefficient (Wildman–Crippen LogP) is 2.43. The summed E-state index contributed by atoms with van der Waals surface area (Å²) < 4.78 is 5.66. The maximum absolute atomic E-state index is 12.8. The van der Waals surface area contributed by atoms with Crippen LogP contribution in [0, 0.1) is 11.3 Å². The standard InChI is InChI=1S/C17H32N2O2/c1-6-17(7-2)14(11-15(17)21-5)19(4)16(20)13-8-9-18-12(3)10-13/h12-15,18H,6-11H2,1-5H3/t12-,13-,14?,15?/m0/s1. The molecule has 1 heterocycles. The van der Waals surface area contributed by atoms with Gasteiger partial charge in [0.1, 0.15) is 0 Å². The summed E-state index contributed by atoms with van der Waals surface area (Å²) in [5.41, 5.74) is 0.150. The van der Waals surface area contributed by atoms with Gasteiger partial charge >= 0.3 is 0 Å². The summed E-state index contributed by atoms with van der Waals surface area (Å²) in [7, 11) is 3.81. The average Bonchev–Trinajstić information content (AvgIpc) is 2.47. The first-order valence-electron chi connectivity index (χ1n) is 8.53. The topological polar surface area (TPSA) is 41.6 Å². The van der Waals surface area contributed by atoms with Crippen LogP contribution < -0.4 is 5.32 Å². The minimum atomic E-state index is 0.150. The summed E-state index contributed by atoms with van der Waals surface area (Å²) in [5.74, 6) is 0.536. The zero-order valence-electron chi connectivity index (χ0n) is 14.3. The lowest BCUT2D eigenvalue weighted by Crippen LogP contribution is -2.65. The number of rotatable bonds is 5. The number of methoxy groups -OCH3 is 1. The van der Waals surface area contributed by atoms with Crippen molar-refractivity contribution in [2.75, 3.05) is 20.7 Å². The molecule has 4 atom stereocenters. The highest BCUT2D eigenvalue weighted by molar-refractivity contribution is 5.79. The van der Waals surface area contributed by atoms with E-state index < -0.39 is 0 Å². The van der Waals surface area contributed by atoms with Crippen molar-refractivity contribution in [3.63, 3.8) is 0 Å². The Labute approximate surface area is 129 Å². The number of ether oxygens (including phenoxy) is 1. The Morgan fingerprint density at radius 2 is 2.00 bits per heavy atom. The Morgan fingerprint density at radius 1 is 1.33 bits per heavy atom. The van der Waals surface area contributed by atoms with Crippen LogP contribution in [0.25, 0.3) is 0 Å². The third-order valence-electron chi connectivity index (χ3n) is 6.13. The van der Waals surface area contributed by atoms with E-state index in [1.807, 2.05) is 11.9 Å². The van der Waals surface area contributed by atoms with Crippen LogP contribution in [0.15, 0.2) is 0 Å². The summed E-state index contributed by atoms with van der Waals surface area (Å²) in [6.45, 7) is 7.59. The summed E-state index contributed by atoms with van der Waals surface area (Å²) >= 11 is 0. The largest absolute Gasteiger partial charge is 0.381 e. The van der Waals surface area contributed by atoms with E-state index in [2.05, 4.69) is 26.1 Å². The third-order valence-corrected chi connectivity index (χ3v) is 6.13. The molecule has 4 heteroatoms. The van der Waals surface area contributed by atoms with Gasteiger partial charge in [0.15, 0.2) is 0 Å². The molecule has 4 nitrogen and oxygen atoms in total. The lowest BCUT2D eigenvalue weighted by atomic mass is 9.58. The monoisotopic (exact) mass is 296 g/mol. The van der Waals surface area contributed by atoms with Crippen LogP contribution in [0.1, 0.15) is 52.9 Å². The van der Waals surface area contributed by atoms with Gasteiger partial charge in [-0.25, -0.2) is 0 Å². The van der Waals surface area contributed by atoms with Gasteiger partial charge < -0.3 is 15.0 Å². The van der Waals surface area contributed by atoms with Crippen LogP contribution in [0.3, 0.4) is 0 Å². The molecule has 0 aromatic heterocycles. The Balaban J connectivity index is 2.05. The smallest absolute Gasteiger partial charge is 0.225 e. The van der Waals surface area contributed by atoms with Gasteiger partial charge in [0.2, 0.25) is 5.91 Å². The Morgan fingerprint density at radius 3 is 2.52 bits per heavy atom. The molecule has 2 fully saturated rings. The molecule has 122 valence electrons. The maximum Gasteiger partial charge on any atom is 0.225 e. The van der Waals surface area contributed by atoms with E-state index in [1.54, 1.807) is 7.11 Å². The van der Waals surface area contributed by atoms with Crippen LogP contribution in [0.5, 0.6) is 0 Å². The summed E-state index contributed by atoms with van der Waals surface area (Å²) in [6, 6.07) is 0.798. The molecule has 0 aromatic rings. The van der Waals surface area contributed by atoms with Crippen molar-refractivity contribution in [2.45, 2.75) is 71.1 Å². The van der Waals surface area contributed by atoms with Gasteiger partial charge in [-0.1, -0.05) is 13.8 Å². The molecule has 1 N–H and O–H groups in total. The number of hydrogen-bond acceptors (Lipinski definition) is 3. The molecule has 1 saturated heterocycles. The Kier molecular flexibility index (Phi) is 5.31. The minimum Gasteiger partial charge on any atom is -0.381 e. The van der Waals surface area contributed by atoms with Crippen LogP contribution in [0.2, 0.25) is 0 Å². The van der Waals surface area contributed by atoms with Gasteiger partial charge in [0, 0.05) is 37.6 Å². The fourth-order valence-corrected chi connectivity index (χ4v) is 4.58. The van der Waals surface area contributed by atoms with E-state index >= 15 is 0 Å². The van der Waals surface area contributed by atoms with Crippen molar-refractivity contribution < 1.29 is 9.53 Å². The number of nitrogens with zero attached hydrogens (tertiary/aromatic N) is 1. The molecule has 21 heavy (non-hydrogen) atoms. The van der Waals surface area contributed by atoms with Gasteiger partial charge in [-0.05, 0) is 45.6 Å². The van der Waals surface area contributed by atoms with Gasteiger partial charge in [-0.2, -0.15) is 0 Å². The van der Waals surface area contributed by atoms with Crippen molar-refractivity contribution in [3.8, 4) is 0 Å². The lowest BCUT2D eigenvalue weighted by molar-refractivity contribution is -0.173. The van der Waals surface area contributed by atoms with Gasteiger partial charge in [-0.15, -0.1) is 0 Å². The maximum atomic E-state index is 12.8. The third kappa shape index (κ3) is 2.85. The highest BCUT2D eigenvalue weighted by Crippen LogP contribution is 2.51. The second-order valence-electron chi connectivity index (χ2n) is 6.94. The van der Waals surface area contributed by atoms with E-state index in [4.69, 9.17) is 4.74 Å². The lowest BCUT2D eigenvalue weighted by Gasteiger charge is -2.58. The van der Waals surface area contributed by atoms with E-state index in [0.717, 1.165) is 38.6 Å². The zero-order valence-corrected chi connectivity index (χ0v) is 14.3. The van der Waals surface area contributed by atoms with E-state index in [9.17, 15) is 4.79 Å². The molecule has 1 amide bonds. The molecule has 0 aromatic carbocycles. The normalized spacial score (nSPS) is 35.1. The average molecular weight is 296 g/mol. The predicted molar refractivity (Wildman–Crippen MR) is 85.2 cm³/mol. The second kappa shape index (κ2) is 6.66. The number of nitrogens with one attached hydrogen (secondary N) is 1. The number of piperidine rings is 1. The van der Waals surface area contributed by atoms with E-state index in [1.165, 1.54) is 0 Å². The van der Waals surface area contributed by atoms with Crippen molar-refractivity contribution >= 4 is 5.91 Å². The first-order valence-corrected chi connectivity index (χ1v) is 8.53. The van der Waals surface area contributed by atoms with E-state index in [0.29, 0.717) is 24.1 Å². The molecule has 1 aliphatic heterocycles. The first-order chi connectivity index (χ1) is 10.00. The summed E-state index contributed by atoms with van der Waals surface area (Å²) in [6.07, 6.45) is 5.38. The Bertz CT molecular complexity index is 368. The van der Waals surface area contributed by atoms with Gasteiger partial charge in [0.25, 0.3) is 0 Å². The van der Waals surface area contributed by atoms with Crippen LogP contribution in [-0.4, -0.2) is 49.7 Å². The molecule has 2 aliphatic rings. The van der Waals surface area contributed by atoms with Crippen molar-refractivity contribution in [1.82, 2.24) is 10.2 Å². The molecule has 2 unspecified atom stereocenters. The van der Waals surface area contributed by atoms with Gasteiger partial charge in [-0.3, -0.25) is 4.79 Å². The number of hydrogen-bond donors (Lipinski definition) is 1. The van der Waals surface area contributed by atoms with Crippen molar-refractivity contribution in [3.05, 3.63) is 0 Å². The second-order valence-corrected chi connectivity index (χ2v) is 6.94. The van der Waals surface area contributed by atoms with Crippen molar-refractivity contribution in [1.29, 1.82) is 0 Å². The Hall–Kier alpha value is -0.610. The minimum absolute atomic E-state index is 0.150. The van der Waals surface area contributed by atoms with Crippen LogP contribution >= 0.6 is 0 Å².